The lowest BCUT2D eigenvalue weighted by Gasteiger charge is -2.45. The number of rotatable bonds is 5. The molecule has 2 atom stereocenters. The highest BCUT2D eigenvalue weighted by Gasteiger charge is 2.74. The third-order valence-corrected chi connectivity index (χ3v) is 5.89. The highest BCUT2D eigenvalue weighted by atomic mass is 19.3. The molecule has 2 aliphatic carbocycles. The minimum Gasteiger partial charge on any atom is -0.461 e. The molecule has 0 aromatic carbocycles. The molecular weight excluding hydrogens is 354 g/mol. The number of carbonyl (C=O) groups is 1. The zero-order chi connectivity index (χ0) is 19.0. The summed E-state index contributed by atoms with van der Waals surface area (Å²) in [7, 11) is 0. The number of nitrogens with zero attached hydrogens (tertiary/aromatic N) is 2. The van der Waals surface area contributed by atoms with Gasteiger partial charge in [0, 0.05) is 31.8 Å². The van der Waals surface area contributed by atoms with Gasteiger partial charge >= 0.3 is 5.97 Å². The largest absolute Gasteiger partial charge is 0.461 e. The number of ether oxygens (including phenoxy) is 1. The van der Waals surface area contributed by atoms with Crippen LogP contribution in [-0.4, -0.2) is 40.7 Å². The first-order chi connectivity index (χ1) is 12.0. The van der Waals surface area contributed by atoms with Crippen molar-refractivity contribution in [2.24, 2.45) is 11.3 Å². The van der Waals surface area contributed by atoms with Crippen LogP contribution in [-0.2, 0) is 16.8 Å². The highest BCUT2D eigenvalue weighted by Crippen LogP contribution is 2.61. The number of halogens is 4. The van der Waals surface area contributed by atoms with E-state index in [0.717, 1.165) is 0 Å². The summed E-state index contributed by atoms with van der Waals surface area (Å²) in [4.78, 5) is 12.3. The number of aromatic nitrogens is 2. The Morgan fingerprint density at radius 2 is 2.08 bits per heavy atom. The summed E-state index contributed by atoms with van der Waals surface area (Å²) < 4.78 is 61.7. The Bertz CT molecular complexity index is 751. The fraction of sp³-hybridized carbons (Fsp3) is 0.765. The quantitative estimate of drug-likeness (QED) is 0.635. The summed E-state index contributed by atoms with van der Waals surface area (Å²) in [6, 6.07) is 1.32. The normalized spacial score (nSPS) is 32.6. The van der Waals surface area contributed by atoms with E-state index < -0.39 is 34.7 Å². The maximum atomic E-state index is 14.4. The lowest BCUT2D eigenvalue weighted by molar-refractivity contribution is -0.173. The van der Waals surface area contributed by atoms with Crippen molar-refractivity contribution in [3.05, 3.63) is 17.5 Å². The van der Waals surface area contributed by atoms with Crippen molar-refractivity contribution in [1.29, 1.82) is 0 Å². The maximum absolute atomic E-state index is 14.4. The molecule has 4 fully saturated rings. The molecule has 0 amide bonds. The Balaban J connectivity index is 1.67. The topological polar surface area (TPSA) is 56.1 Å². The molecule has 2 bridgehead atoms. The average Bonchev–Trinajstić information content (AvgIpc) is 3.16. The van der Waals surface area contributed by atoms with E-state index in [4.69, 9.17) is 4.74 Å². The predicted octanol–water partition coefficient (Wildman–Crippen LogP) is 2.95. The first-order valence-corrected chi connectivity index (χ1v) is 8.78. The molecule has 5 nitrogen and oxygen atoms in total. The summed E-state index contributed by atoms with van der Waals surface area (Å²) in [5, 5.41) is 7.08. The molecule has 3 heterocycles. The molecule has 2 unspecified atom stereocenters. The van der Waals surface area contributed by atoms with Gasteiger partial charge in [-0.15, -0.1) is 0 Å². The number of hydrogen-bond donors (Lipinski definition) is 1. The van der Waals surface area contributed by atoms with Crippen LogP contribution in [0.5, 0.6) is 0 Å². The number of hydrogen-bond acceptors (Lipinski definition) is 4. The minimum atomic E-state index is -2.94. The SMILES string of the molecule is CCOC(=O)c1cc(C23CC(CN2)C3(F)F)nn1CC1(C)CC(F)(F)C1. The molecule has 2 saturated heterocycles. The van der Waals surface area contributed by atoms with Crippen molar-refractivity contribution in [3.8, 4) is 0 Å². The van der Waals surface area contributed by atoms with Crippen LogP contribution in [0.4, 0.5) is 17.6 Å². The van der Waals surface area contributed by atoms with Gasteiger partial charge in [-0.2, -0.15) is 5.10 Å². The molecular formula is C17H21F4N3O2. The standard InChI is InChI=1S/C17H21F4N3O2/c1-3-26-13(25)11-4-12(16-5-10(6-22-16)17(16,20)21)23-24(11)9-14(2)7-15(18,19)8-14/h4,10,22H,3,5-9H2,1-2H3. The molecule has 4 aliphatic rings. The molecule has 2 saturated carbocycles. The summed E-state index contributed by atoms with van der Waals surface area (Å²) in [6.07, 6.45) is -0.396. The number of carbonyl (C=O) groups excluding carboxylic acids is 1. The average molecular weight is 375 g/mol. The highest BCUT2D eigenvalue weighted by molar-refractivity contribution is 5.87. The lowest BCUT2D eigenvalue weighted by atomic mass is 9.67. The van der Waals surface area contributed by atoms with E-state index in [-0.39, 0.29) is 50.3 Å². The van der Waals surface area contributed by atoms with E-state index in [0.29, 0.717) is 0 Å². The Morgan fingerprint density at radius 1 is 1.38 bits per heavy atom. The van der Waals surface area contributed by atoms with Gasteiger partial charge in [-0.05, 0) is 24.8 Å². The first kappa shape index (κ1) is 17.8. The summed E-state index contributed by atoms with van der Waals surface area (Å²) in [5.74, 6) is -7.09. The number of nitrogens with one attached hydrogen (secondary N) is 1. The zero-order valence-corrected chi connectivity index (χ0v) is 14.6. The van der Waals surface area contributed by atoms with Gasteiger partial charge in [0.15, 0.2) is 0 Å². The van der Waals surface area contributed by atoms with Crippen molar-refractivity contribution in [2.45, 2.75) is 57.0 Å². The molecule has 5 rings (SSSR count). The van der Waals surface area contributed by atoms with Gasteiger partial charge < -0.3 is 10.1 Å². The second kappa shape index (κ2) is 5.21. The molecule has 0 radical (unpaired) electrons. The van der Waals surface area contributed by atoms with Crippen LogP contribution in [0, 0.1) is 11.3 Å². The first-order valence-electron chi connectivity index (χ1n) is 8.78. The monoisotopic (exact) mass is 375 g/mol. The minimum absolute atomic E-state index is 0.0283. The molecule has 1 N–H and O–H groups in total. The molecule has 1 aromatic rings. The fourth-order valence-corrected chi connectivity index (χ4v) is 4.69. The van der Waals surface area contributed by atoms with Gasteiger partial charge in [0.2, 0.25) is 5.92 Å². The third-order valence-electron chi connectivity index (χ3n) is 5.89. The van der Waals surface area contributed by atoms with E-state index >= 15 is 0 Å². The van der Waals surface area contributed by atoms with Crippen molar-refractivity contribution >= 4 is 5.97 Å². The van der Waals surface area contributed by atoms with Crippen LogP contribution in [0.1, 0.15) is 49.3 Å². The molecule has 1 aromatic heterocycles. The summed E-state index contributed by atoms with van der Waals surface area (Å²) in [5.41, 5.74) is -2.21. The van der Waals surface area contributed by atoms with E-state index in [2.05, 4.69) is 10.4 Å². The Hall–Kier alpha value is -1.64. The third kappa shape index (κ3) is 2.32. The number of esters is 1. The van der Waals surface area contributed by atoms with Crippen LogP contribution in [0.3, 0.4) is 0 Å². The van der Waals surface area contributed by atoms with Gasteiger partial charge in [0.25, 0.3) is 5.92 Å². The van der Waals surface area contributed by atoms with E-state index in [1.54, 1.807) is 13.8 Å². The van der Waals surface area contributed by atoms with Crippen molar-refractivity contribution < 1.29 is 27.1 Å². The Labute approximate surface area is 148 Å². The molecule has 144 valence electrons. The molecule has 2 aliphatic heterocycles. The van der Waals surface area contributed by atoms with E-state index in [1.165, 1.54) is 10.7 Å². The summed E-state index contributed by atoms with van der Waals surface area (Å²) in [6.45, 7) is 3.69. The smallest absolute Gasteiger partial charge is 0.356 e. The van der Waals surface area contributed by atoms with E-state index in [1.807, 2.05) is 0 Å². The second-order valence-electron chi connectivity index (χ2n) is 8.12. The van der Waals surface area contributed by atoms with Gasteiger partial charge in [-0.3, -0.25) is 4.68 Å². The zero-order valence-electron chi connectivity index (χ0n) is 14.6. The maximum Gasteiger partial charge on any atom is 0.356 e. The van der Waals surface area contributed by atoms with Crippen molar-refractivity contribution in [3.63, 3.8) is 0 Å². The van der Waals surface area contributed by atoms with Crippen LogP contribution in [0.25, 0.3) is 0 Å². The van der Waals surface area contributed by atoms with Crippen molar-refractivity contribution in [2.75, 3.05) is 13.2 Å². The summed E-state index contributed by atoms with van der Waals surface area (Å²) >= 11 is 0. The van der Waals surface area contributed by atoms with Crippen LogP contribution in [0.15, 0.2) is 6.07 Å². The number of fused-ring (bicyclic) bond motifs is 1. The van der Waals surface area contributed by atoms with Crippen LogP contribution >= 0.6 is 0 Å². The van der Waals surface area contributed by atoms with Crippen LogP contribution < -0.4 is 5.32 Å². The Kier molecular flexibility index (Phi) is 3.56. The van der Waals surface area contributed by atoms with Gasteiger partial charge in [0.05, 0.1) is 12.3 Å². The fourth-order valence-electron chi connectivity index (χ4n) is 4.69. The van der Waals surface area contributed by atoms with Crippen LogP contribution in [0.2, 0.25) is 0 Å². The number of alkyl halides is 4. The van der Waals surface area contributed by atoms with E-state index in [9.17, 15) is 22.4 Å². The second-order valence-corrected chi connectivity index (χ2v) is 8.12. The molecule has 26 heavy (non-hydrogen) atoms. The van der Waals surface area contributed by atoms with Gasteiger partial charge in [-0.25, -0.2) is 22.4 Å². The predicted molar refractivity (Wildman–Crippen MR) is 83.2 cm³/mol. The Morgan fingerprint density at radius 3 is 2.58 bits per heavy atom. The lowest BCUT2D eigenvalue weighted by Crippen LogP contribution is -2.59. The van der Waals surface area contributed by atoms with Gasteiger partial charge in [0.1, 0.15) is 11.2 Å². The molecule has 9 heteroatoms. The molecule has 0 spiro atoms. The van der Waals surface area contributed by atoms with Crippen molar-refractivity contribution in [1.82, 2.24) is 15.1 Å². The van der Waals surface area contributed by atoms with Gasteiger partial charge in [-0.1, -0.05) is 6.92 Å².